The number of hydrogen-bond acceptors (Lipinski definition) is 3. The molecule has 4 nitrogen and oxygen atoms in total. The highest BCUT2D eigenvalue weighted by Crippen LogP contribution is 2.12. The van der Waals surface area contributed by atoms with Crippen molar-refractivity contribution in [1.82, 2.24) is 10.2 Å². The van der Waals surface area contributed by atoms with Gasteiger partial charge < -0.3 is 10.5 Å². The van der Waals surface area contributed by atoms with E-state index in [1.54, 1.807) is 7.11 Å². The molecule has 14 heavy (non-hydrogen) atoms. The zero-order chi connectivity index (χ0) is 10.6. The lowest BCUT2D eigenvalue weighted by Crippen LogP contribution is -2.15. The summed E-state index contributed by atoms with van der Waals surface area (Å²) >= 11 is 0. The fraction of sp³-hybridized carbons (Fsp3) is 0.700. The van der Waals surface area contributed by atoms with Crippen molar-refractivity contribution < 1.29 is 4.74 Å². The molecule has 4 heteroatoms. The second-order valence-corrected chi connectivity index (χ2v) is 3.72. The van der Waals surface area contributed by atoms with Crippen LogP contribution >= 0.6 is 0 Å². The minimum absolute atomic E-state index is 0.233. The second kappa shape index (κ2) is 5.12. The molecule has 1 heterocycles. The first-order chi connectivity index (χ1) is 6.65. The molecule has 1 aromatic heterocycles. The number of aromatic amines is 1. The van der Waals surface area contributed by atoms with Crippen molar-refractivity contribution in [2.45, 2.75) is 39.3 Å². The maximum absolute atomic E-state index is 5.69. The number of aryl methyl sites for hydroxylation is 1. The fourth-order valence-corrected chi connectivity index (χ4v) is 1.37. The van der Waals surface area contributed by atoms with Gasteiger partial charge in [0.05, 0.1) is 18.0 Å². The number of hydrogen-bond donors (Lipinski definition) is 2. The molecule has 0 spiro atoms. The third-order valence-corrected chi connectivity index (χ3v) is 2.34. The van der Waals surface area contributed by atoms with Gasteiger partial charge >= 0.3 is 0 Å². The van der Waals surface area contributed by atoms with E-state index in [2.05, 4.69) is 17.1 Å². The summed E-state index contributed by atoms with van der Waals surface area (Å²) in [4.78, 5) is 0. The second-order valence-electron chi connectivity index (χ2n) is 3.72. The molecule has 0 aromatic carbocycles. The average molecular weight is 197 g/mol. The van der Waals surface area contributed by atoms with Crippen LogP contribution in [0.3, 0.4) is 0 Å². The highest BCUT2D eigenvalue weighted by atomic mass is 16.5. The Balaban J connectivity index is 2.60. The van der Waals surface area contributed by atoms with E-state index >= 15 is 0 Å². The predicted molar refractivity (Wildman–Crippen MR) is 56.0 cm³/mol. The lowest BCUT2D eigenvalue weighted by molar-refractivity contribution is 0.181. The van der Waals surface area contributed by atoms with E-state index in [1.807, 2.05) is 6.92 Å². The highest BCUT2D eigenvalue weighted by Gasteiger charge is 2.08. The number of nitrogens with two attached hydrogens (primary N) is 1. The zero-order valence-electron chi connectivity index (χ0n) is 9.13. The molecular weight excluding hydrogens is 178 g/mol. The smallest absolute Gasteiger partial charge is 0.0881 e. The van der Waals surface area contributed by atoms with Crippen molar-refractivity contribution in [2.75, 3.05) is 7.11 Å². The minimum Gasteiger partial charge on any atom is -0.378 e. The van der Waals surface area contributed by atoms with E-state index in [-0.39, 0.29) is 6.04 Å². The number of aromatic nitrogens is 2. The van der Waals surface area contributed by atoms with E-state index in [0.29, 0.717) is 6.61 Å². The van der Waals surface area contributed by atoms with Crippen LogP contribution in [0.25, 0.3) is 0 Å². The summed E-state index contributed by atoms with van der Waals surface area (Å²) in [5.41, 5.74) is 9.06. The summed E-state index contributed by atoms with van der Waals surface area (Å²) in [5.74, 6) is 0. The van der Waals surface area contributed by atoms with Gasteiger partial charge in [0.1, 0.15) is 0 Å². The van der Waals surface area contributed by atoms with Crippen LogP contribution in [0.15, 0.2) is 0 Å². The molecule has 0 aliphatic rings. The summed E-state index contributed by atoms with van der Waals surface area (Å²) in [6.07, 6.45) is 1.90. The van der Waals surface area contributed by atoms with Gasteiger partial charge in [0.25, 0.3) is 0 Å². The first kappa shape index (κ1) is 11.2. The molecular formula is C10H19N3O. The summed E-state index contributed by atoms with van der Waals surface area (Å²) < 4.78 is 5.05. The van der Waals surface area contributed by atoms with E-state index < -0.39 is 0 Å². The minimum atomic E-state index is 0.233. The topological polar surface area (TPSA) is 63.9 Å². The first-order valence-electron chi connectivity index (χ1n) is 4.92. The van der Waals surface area contributed by atoms with Gasteiger partial charge in [-0.2, -0.15) is 5.10 Å². The lowest BCUT2D eigenvalue weighted by Gasteiger charge is -2.03. The summed E-state index contributed by atoms with van der Waals surface area (Å²) in [6.45, 7) is 4.67. The summed E-state index contributed by atoms with van der Waals surface area (Å²) in [7, 11) is 1.68. The van der Waals surface area contributed by atoms with Crippen molar-refractivity contribution >= 4 is 0 Å². The maximum Gasteiger partial charge on any atom is 0.0881 e. The van der Waals surface area contributed by atoms with Crippen LogP contribution in [0.2, 0.25) is 0 Å². The van der Waals surface area contributed by atoms with Crippen LogP contribution in [-0.2, 0) is 17.8 Å². The Bertz CT molecular complexity index is 281. The van der Waals surface area contributed by atoms with Crippen LogP contribution in [0.5, 0.6) is 0 Å². The van der Waals surface area contributed by atoms with Gasteiger partial charge in [-0.15, -0.1) is 0 Å². The Morgan fingerprint density at radius 1 is 1.57 bits per heavy atom. The maximum atomic E-state index is 5.69. The van der Waals surface area contributed by atoms with E-state index in [0.717, 1.165) is 24.2 Å². The normalized spacial score (nSPS) is 13.1. The Morgan fingerprint density at radius 2 is 2.29 bits per heavy atom. The van der Waals surface area contributed by atoms with Crippen LogP contribution in [-0.4, -0.2) is 23.3 Å². The molecule has 0 saturated heterocycles. The van der Waals surface area contributed by atoms with Gasteiger partial charge in [0.15, 0.2) is 0 Å². The predicted octanol–water partition coefficient (Wildman–Crippen LogP) is 1.14. The molecule has 1 aromatic rings. The molecule has 80 valence electrons. The molecule has 1 unspecified atom stereocenters. The SMILES string of the molecule is COCc1[nH]nc(CCC(C)N)c1C. The number of ether oxygens (including phenoxy) is 1. The van der Waals surface area contributed by atoms with E-state index in [9.17, 15) is 0 Å². The Hall–Kier alpha value is -0.870. The number of nitrogens with one attached hydrogen (secondary N) is 1. The van der Waals surface area contributed by atoms with Gasteiger partial charge in [-0.05, 0) is 32.3 Å². The van der Waals surface area contributed by atoms with Gasteiger partial charge in [-0.25, -0.2) is 0 Å². The molecule has 0 aliphatic heterocycles. The fourth-order valence-electron chi connectivity index (χ4n) is 1.37. The van der Waals surface area contributed by atoms with Gasteiger partial charge in [0.2, 0.25) is 0 Å². The molecule has 0 aliphatic carbocycles. The third kappa shape index (κ3) is 2.82. The van der Waals surface area contributed by atoms with Gasteiger partial charge in [-0.3, -0.25) is 5.10 Å². The third-order valence-electron chi connectivity index (χ3n) is 2.34. The van der Waals surface area contributed by atoms with Gasteiger partial charge in [0, 0.05) is 13.2 Å². The van der Waals surface area contributed by atoms with Crippen LogP contribution in [0, 0.1) is 6.92 Å². The number of methoxy groups -OCH3 is 1. The van der Waals surface area contributed by atoms with Crippen molar-refractivity contribution in [2.24, 2.45) is 5.73 Å². The molecule has 0 radical (unpaired) electrons. The Labute approximate surface area is 84.8 Å². The van der Waals surface area contributed by atoms with Crippen LogP contribution in [0.1, 0.15) is 30.3 Å². The number of nitrogens with zero attached hydrogens (tertiary/aromatic N) is 1. The summed E-state index contributed by atoms with van der Waals surface area (Å²) in [6, 6.07) is 0.233. The van der Waals surface area contributed by atoms with E-state index in [4.69, 9.17) is 10.5 Å². The van der Waals surface area contributed by atoms with E-state index in [1.165, 1.54) is 5.56 Å². The van der Waals surface area contributed by atoms with Crippen molar-refractivity contribution in [1.29, 1.82) is 0 Å². The van der Waals surface area contributed by atoms with Gasteiger partial charge in [-0.1, -0.05) is 0 Å². The Morgan fingerprint density at radius 3 is 2.86 bits per heavy atom. The van der Waals surface area contributed by atoms with Crippen molar-refractivity contribution in [3.63, 3.8) is 0 Å². The average Bonchev–Trinajstić information content (AvgIpc) is 2.46. The van der Waals surface area contributed by atoms with Crippen LogP contribution < -0.4 is 5.73 Å². The molecule has 1 atom stereocenters. The quantitative estimate of drug-likeness (QED) is 0.744. The molecule has 0 bridgehead atoms. The molecule has 0 amide bonds. The standard InChI is InChI=1S/C10H19N3O/c1-7(11)4-5-9-8(2)10(6-14-3)13-12-9/h7H,4-6,11H2,1-3H3,(H,12,13). The van der Waals surface area contributed by atoms with Crippen LogP contribution in [0.4, 0.5) is 0 Å². The molecule has 0 saturated carbocycles. The molecule has 3 N–H and O–H groups in total. The first-order valence-corrected chi connectivity index (χ1v) is 4.92. The zero-order valence-corrected chi connectivity index (χ0v) is 9.13. The highest BCUT2D eigenvalue weighted by molar-refractivity contribution is 5.23. The molecule has 0 fully saturated rings. The monoisotopic (exact) mass is 197 g/mol. The Kier molecular flexibility index (Phi) is 4.10. The lowest BCUT2D eigenvalue weighted by atomic mass is 10.1. The molecule has 1 rings (SSSR count). The largest absolute Gasteiger partial charge is 0.378 e. The summed E-state index contributed by atoms with van der Waals surface area (Å²) in [5, 5.41) is 7.23. The van der Waals surface area contributed by atoms with Crippen molar-refractivity contribution in [3.8, 4) is 0 Å². The van der Waals surface area contributed by atoms with Crippen molar-refractivity contribution in [3.05, 3.63) is 17.0 Å². The number of rotatable bonds is 5. The number of H-pyrrole nitrogens is 1.